The summed E-state index contributed by atoms with van der Waals surface area (Å²) < 4.78 is 9.91. The highest BCUT2D eigenvalue weighted by atomic mass is 16.5. The Bertz CT molecular complexity index is 84.5. The van der Waals surface area contributed by atoms with Crippen LogP contribution in [0.2, 0.25) is 0 Å². The second-order valence-corrected chi connectivity index (χ2v) is 3.85. The van der Waals surface area contributed by atoms with Crippen LogP contribution in [0.3, 0.4) is 0 Å². The first kappa shape index (κ1) is 26.4. The first-order valence-electron chi connectivity index (χ1n) is 7.25. The fourth-order valence-electron chi connectivity index (χ4n) is 0.627. The number of methoxy groups -OCH3 is 1. The second kappa shape index (κ2) is 30.2. The van der Waals surface area contributed by atoms with Gasteiger partial charge in [0.15, 0.2) is 0 Å². The van der Waals surface area contributed by atoms with Crippen molar-refractivity contribution in [3.63, 3.8) is 0 Å². The average molecular weight is 265 g/mol. The molecule has 0 aromatic rings. The van der Waals surface area contributed by atoms with Crippen LogP contribution >= 0.6 is 0 Å². The summed E-state index contributed by atoms with van der Waals surface area (Å²) in [7, 11) is 5.77. The van der Waals surface area contributed by atoms with Gasteiger partial charge in [0.25, 0.3) is 0 Å². The van der Waals surface area contributed by atoms with Crippen molar-refractivity contribution in [2.45, 2.75) is 48.5 Å². The first-order valence-corrected chi connectivity index (χ1v) is 7.25. The fourth-order valence-corrected chi connectivity index (χ4v) is 0.627. The Morgan fingerprint density at radius 2 is 1.44 bits per heavy atom. The zero-order valence-corrected chi connectivity index (χ0v) is 14.7. The molecule has 0 radical (unpaired) electrons. The molecule has 0 spiro atoms. The van der Waals surface area contributed by atoms with Crippen LogP contribution in [0.15, 0.2) is 0 Å². The number of hydrogen-bond donors (Lipinski definition) is 0. The molecular weight excluding hydrogens is 226 g/mol. The van der Waals surface area contributed by atoms with Crippen molar-refractivity contribution in [1.82, 2.24) is 4.90 Å². The number of nitrogens with zero attached hydrogens (tertiary/aromatic N) is 1. The van der Waals surface area contributed by atoms with Gasteiger partial charge < -0.3 is 14.4 Å². The number of ether oxygens (including phenoxy) is 2. The molecule has 0 aliphatic carbocycles. The van der Waals surface area contributed by atoms with Crippen LogP contribution < -0.4 is 0 Å². The Balaban J connectivity index is -0.0000000851. The van der Waals surface area contributed by atoms with Gasteiger partial charge in [-0.15, -0.1) is 0 Å². The van der Waals surface area contributed by atoms with E-state index in [0.29, 0.717) is 5.92 Å². The normalized spacial score (nSPS) is 8.67. The van der Waals surface area contributed by atoms with Crippen LogP contribution in [-0.2, 0) is 9.47 Å². The topological polar surface area (TPSA) is 21.7 Å². The molecule has 0 bridgehead atoms. The number of hydrogen-bond acceptors (Lipinski definition) is 3. The molecule has 0 amide bonds. The highest BCUT2D eigenvalue weighted by Crippen LogP contribution is 1.90. The van der Waals surface area contributed by atoms with E-state index < -0.39 is 0 Å². The van der Waals surface area contributed by atoms with E-state index in [1.165, 1.54) is 0 Å². The van der Waals surface area contributed by atoms with Gasteiger partial charge in [-0.1, -0.05) is 41.5 Å². The standard InChI is InChI=1S/C6H14O.C5H13NO.2C2H6/c1-4-7-5-6(2)3;1-6(2)4-5-7-3;2*1-2/h6H,4-5H2,1-3H3;4-5H2,1-3H3;2*1-2H3. The van der Waals surface area contributed by atoms with Crippen molar-refractivity contribution in [3.8, 4) is 0 Å². The first-order chi connectivity index (χ1) is 8.54. The summed E-state index contributed by atoms with van der Waals surface area (Å²) in [5.41, 5.74) is 0. The van der Waals surface area contributed by atoms with Gasteiger partial charge in [-0.3, -0.25) is 0 Å². The van der Waals surface area contributed by atoms with Crippen molar-refractivity contribution >= 4 is 0 Å². The van der Waals surface area contributed by atoms with Crippen LogP contribution in [0.1, 0.15) is 48.5 Å². The molecule has 18 heavy (non-hydrogen) atoms. The van der Waals surface area contributed by atoms with Gasteiger partial charge in [-0.05, 0) is 26.9 Å². The van der Waals surface area contributed by atoms with E-state index in [4.69, 9.17) is 9.47 Å². The van der Waals surface area contributed by atoms with E-state index in [1.807, 2.05) is 48.7 Å². The van der Waals surface area contributed by atoms with E-state index in [1.54, 1.807) is 7.11 Å². The maximum atomic E-state index is 5.09. The molecule has 3 nitrogen and oxygen atoms in total. The minimum atomic E-state index is 0.681. The molecule has 3 heteroatoms. The SMILES string of the molecule is CC.CC.CCOCC(C)C.COCCN(C)C. The molecule has 0 heterocycles. The number of rotatable bonds is 6. The summed E-state index contributed by atoms with van der Waals surface area (Å²) in [6.45, 7) is 17.9. The molecule has 116 valence electrons. The molecule has 0 aromatic heterocycles. The van der Waals surface area contributed by atoms with Crippen molar-refractivity contribution in [1.29, 1.82) is 0 Å². The molecule has 0 aliphatic rings. The van der Waals surface area contributed by atoms with Crippen LogP contribution in [0.5, 0.6) is 0 Å². The van der Waals surface area contributed by atoms with Gasteiger partial charge in [0.05, 0.1) is 6.61 Å². The van der Waals surface area contributed by atoms with Gasteiger partial charge in [0.2, 0.25) is 0 Å². The zero-order valence-electron chi connectivity index (χ0n) is 14.7. The largest absolute Gasteiger partial charge is 0.383 e. The molecule has 0 N–H and O–H groups in total. The molecule has 0 aromatic carbocycles. The van der Waals surface area contributed by atoms with Crippen molar-refractivity contribution in [2.75, 3.05) is 47.6 Å². The van der Waals surface area contributed by atoms with Gasteiger partial charge in [-0.25, -0.2) is 0 Å². The quantitative estimate of drug-likeness (QED) is 0.726. The summed E-state index contributed by atoms with van der Waals surface area (Å²) >= 11 is 0. The van der Waals surface area contributed by atoms with Crippen molar-refractivity contribution in [2.24, 2.45) is 5.92 Å². The summed E-state index contributed by atoms with van der Waals surface area (Å²) in [6, 6.07) is 0. The third-order valence-corrected chi connectivity index (χ3v) is 1.40. The lowest BCUT2D eigenvalue weighted by Crippen LogP contribution is -2.16. The Kier molecular flexibility index (Phi) is 44.3. The Morgan fingerprint density at radius 3 is 1.56 bits per heavy atom. The second-order valence-electron chi connectivity index (χ2n) is 3.85. The summed E-state index contributed by atoms with van der Waals surface area (Å²) in [4.78, 5) is 2.09. The summed E-state index contributed by atoms with van der Waals surface area (Å²) in [6.07, 6.45) is 0. The third kappa shape index (κ3) is 56.6. The molecule has 0 unspecified atom stereocenters. The third-order valence-electron chi connectivity index (χ3n) is 1.40. The van der Waals surface area contributed by atoms with E-state index in [9.17, 15) is 0 Å². The van der Waals surface area contributed by atoms with E-state index >= 15 is 0 Å². The van der Waals surface area contributed by atoms with E-state index in [0.717, 1.165) is 26.4 Å². The summed E-state index contributed by atoms with van der Waals surface area (Å²) in [5.74, 6) is 0.681. The maximum absolute atomic E-state index is 5.09. The Morgan fingerprint density at radius 1 is 1.00 bits per heavy atom. The minimum absolute atomic E-state index is 0.681. The Hall–Kier alpha value is -0.120. The highest BCUT2D eigenvalue weighted by molar-refractivity contribution is 4.37. The minimum Gasteiger partial charge on any atom is -0.383 e. The van der Waals surface area contributed by atoms with E-state index in [-0.39, 0.29) is 0 Å². The summed E-state index contributed by atoms with van der Waals surface area (Å²) in [5, 5.41) is 0. The van der Waals surface area contributed by atoms with Gasteiger partial charge >= 0.3 is 0 Å². The number of likely N-dealkylation sites (N-methyl/N-ethyl adjacent to an activating group) is 1. The monoisotopic (exact) mass is 265 g/mol. The predicted molar refractivity (Wildman–Crippen MR) is 84.5 cm³/mol. The molecule has 0 atom stereocenters. The fraction of sp³-hybridized carbons (Fsp3) is 1.00. The molecule has 0 saturated heterocycles. The van der Waals surface area contributed by atoms with Crippen molar-refractivity contribution in [3.05, 3.63) is 0 Å². The lowest BCUT2D eigenvalue weighted by molar-refractivity contribution is 0.122. The van der Waals surface area contributed by atoms with Crippen LogP contribution in [-0.4, -0.2) is 52.5 Å². The highest BCUT2D eigenvalue weighted by Gasteiger charge is 1.88. The molecule has 0 aliphatic heterocycles. The lowest BCUT2D eigenvalue weighted by Gasteiger charge is -2.06. The van der Waals surface area contributed by atoms with Crippen molar-refractivity contribution < 1.29 is 9.47 Å². The molecule has 0 rings (SSSR count). The zero-order chi connectivity index (χ0) is 15.4. The average Bonchev–Trinajstić information content (AvgIpc) is 2.39. The van der Waals surface area contributed by atoms with Crippen LogP contribution in [0.25, 0.3) is 0 Å². The van der Waals surface area contributed by atoms with Gasteiger partial charge in [-0.2, -0.15) is 0 Å². The van der Waals surface area contributed by atoms with E-state index in [2.05, 4.69) is 18.7 Å². The lowest BCUT2D eigenvalue weighted by atomic mass is 10.2. The Labute approximate surface area is 117 Å². The van der Waals surface area contributed by atoms with Gasteiger partial charge in [0.1, 0.15) is 0 Å². The molecular formula is C15H39NO2. The predicted octanol–water partition coefficient (Wildman–Crippen LogP) is 3.93. The van der Waals surface area contributed by atoms with Crippen LogP contribution in [0.4, 0.5) is 0 Å². The van der Waals surface area contributed by atoms with Crippen LogP contribution in [0, 0.1) is 5.92 Å². The molecule has 0 saturated carbocycles. The smallest absolute Gasteiger partial charge is 0.0589 e. The maximum Gasteiger partial charge on any atom is 0.0589 e. The van der Waals surface area contributed by atoms with Gasteiger partial charge in [0, 0.05) is 26.9 Å². The molecule has 0 fully saturated rings.